The summed E-state index contributed by atoms with van der Waals surface area (Å²) in [5.41, 5.74) is 2.01. The molecule has 0 fully saturated rings. The van der Waals surface area contributed by atoms with E-state index in [-0.39, 0.29) is 11.6 Å². The highest BCUT2D eigenvalue weighted by Gasteiger charge is 2.13. The number of aromatic amines is 1. The Morgan fingerprint density at radius 3 is 2.64 bits per heavy atom. The van der Waals surface area contributed by atoms with Gasteiger partial charge in [-0.15, -0.1) is 0 Å². The average molecular weight is 294 g/mol. The van der Waals surface area contributed by atoms with Gasteiger partial charge in [-0.1, -0.05) is 42.5 Å². The van der Waals surface area contributed by atoms with Gasteiger partial charge in [-0.2, -0.15) is 0 Å². The minimum atomic E-state index is -0.0658. The standard InChI is InChI=1S/C18H19N3O/c1-13(19-12-11-14-7-3-2-4-8-14)17-20-16-10-6-5-9-15(16)18(22)21-17/h2-10,13,19H,11-12H2,1H3,(H,20,21,22)/p+1/t13-/m1/s1. The van der Waals surface area contributed by atoms with Gasteiger partial charge in [0, 0.05) is 6.42 Å². The number of para-hydroxylation sites is 1. The van der Waals surface area contributed by atoms with Crippen molar-refractivity contribution in [2.45, 2.75) is 19.4 Å². The Hall–Kier alpha value is -2.46. The number of nitrogens with one attached hydrogen (secondary N) is 1. The molecule has 1 aromatic heterocycles. The van der Waals surface area contributed by atoms with Gasteiger partial charge in [-0.25, -0.2) is 4.98 Å². The number of H-pyrrole nitrogens is 1. The second kappa shape index (κ2) is 6.54. The molecule has 0 radical (unpaired) electrons. The Bertz CT molecular complexity index is 811. The first kappa shape index (κ1) is 14.5. The smallest absolute Gasteiger partial charge is 0.258 e. The third-order valence-corrected chi connectivity index (χ3v) is 3.86. The van der Waals surface area contributed by atoms with Gasteiger partial charge in [-0.05, 0) is 24.6 Å². The van der Waals surface area contributed by atoms with Crippen molar-refractivity contribution < 1.29 is 5.32 Å². The maximum absolute atomic E-state index is 12.1. The van der Waals surface area contributed by atoms with Gasteiger partial charge in [0.1, 0.15) is 6.04 Å². The van der Waals surface area contributed by atoms with Gasteiger partial charge in [0.05, 0.1) is 17.4 Å². The van der Waals surface area contributed by atoms with Crippen LogP contribution < -0.4 is 10.9 Å². The van der Waals surface area contributed by atoms with E-state index in [1.54, 1.807) is 6.07 Å². The van der Waals surface area contributed by atoms with Gasteiger partial charge < -0.3 is 10.3 Å². The van der Waals surface area contributed by atoms with Crippen molar-refractivity contribution >= 4 is 10.9 Å². The molecule has 3 N–H and O–H groups in total. The SMILES string of the molecule is C[C@@H]([NH2+]CCc1ccccc1)c1nc2ccccc2c(=O)[nH]1. The second-order valence-corrected chi connectivity index (χ2v) is 5.52. The third-order valence-electron chi connectivity index (χ3n) is 3.86. The molecule has 1 heterocycles. The molecule has 0 bridgehead atoms. The highest BCUT2D eigenvalue weighted by molar-refractivity contribution is 5.77. The molecule has 0 saturated carbocycles. The second-order valence-electron chi connectivity index (χ2n) is 5.52. The minimum Gasteiger partial charge on any atom is -0.337 e. The Kier molecular flexibility index (Phi) is 4.30. The fraction of sp³-hybridized carbons (Fsp3) is 0.222. The van der Waals surface area contributed by atoms with Crippen LogP contribution >= 0.6 is 0 Å². The largest absolute Gasteiger partial charge is 0.337 e. The van der Waals surface area contributed by atoms with Gasteiger partial charge in [-0.3, -0.25) is 4.79 Å². The molecule has 2 aromatic carbocycles. The molecule has 0 aliphatic carbocycles. The average Bonchev–Trinajstić information content (AvgIpc) is 2.56. The molecule has 112 valence electrons. The van der Waals surface area contributed by atoms with Crippen LogP contribution in [0.5, 0.6) is 0 Å². The molecule has 0 saturated heterocycles. The molecule has 0 unspecified atom stereocenters. The van der Waals surface area contributed by atoms with Crippen LogP contribution in [0.4, 0.5) is 0 Å². The molecule has 3 rings (SSSR count). The molecule has 0 amide bonds. The van der Waals surface area contributed by atoms with E-state index < -0.39 is 0 Å². The van der Waals surface area contributed by atoms with Gasteiger partial charge >= 0.3 is 0 Å². The van der Waals surface area contributed by atoms with Crippen LogP contribution in [0.15, 0.2) is 59.4 Å². The van der Waals surface area contributed by atoms with Crippen LogP contribution in [-0.2, 0) is 6.42 Å². The zero-order valence-electron chi connectivity index (χ0n) is 12.6. The molecule has 22 heavy (non-hydrogen) atoms. The van der Waals surface area contributed by atoms with E-state index in [9.17, 15) is 4.79 Å². The molecule has 1 atom stereocenters. The first-order valence-electron chi connectivity index (χ1n) is 7.60. The summed E-state index contributed by atoms with van der Waals surface area (Å²) in [4.78, 5) is 19.6. The number of quaternary nitrogens is 1. The predicted molar refractivity (Wildman–Crippen MR) is 87.7 cm³/mol. The molecule has 0 aliphatic rings. The van der Waals surface area contributed by atoms with E-state index in [1.165, 1.54) is 5.56 Å². The predicted octanol–water partition coefficient (Wildman–Crippen LogP) is 1.79. The topological polar surface area (TPSA) is 62.4 Å². The van der Waals surface area contributed by atoms with Crippen LogP contribution in [0, 0.1) is 0 Å². The van der Waals surface area contributed by atoms with Crippen molar-refractivity contribution in [2.75, 3.05) is 6.54 Å². The van der Waals surface area contributed by atoms with Crippen molar-refractivity contribution in [1.82, 2.24) is 9.97 Å². The first-order chi connectivity index (χ1) is 10.7. The van der Waals surface area contributed by atoms with E-state index in [1.807, 2.05) is 24.3 Å². The van der Waals surface area contributed by atoms with Crippen LogP contribution in [0.3, 0.4) is 0 Å². The summed E-state index contributed by atoms with van der Waals surface area (Å²) in [5, 5.41) is 2.85. The summed E-state index contributed by atoms with van der Waals surface area (Å²) < 4.78 is 0. The number of fused-ring (bicyclic) bond motifs is 1. The molecule has 4 nitrogen and oxygen atoms in total. The molecule has 4 heteroatoms. The number of hydrogen-bond acceptors (Lipinski definition) is 2. The molecule has 0 aliphatic heterocycles. The fourth-order valence-electron chi connectivity index (χ4n) is 2.58. The van der Waals surface area contributed by atoms with Crippen molar-refractivity contribution in [3.8, 4) is 0 Å². The number of nitrogens with zero attached hydrogens (tertiary/aromatic N) is 1. The van der Waals surface area contributed by atoms with Crippen molar-refractivity contribution in [3.63, 3.8) is 0 Å². The van der Waals surface area contributed by atoms with Crippen molar-refractivity contribution in [1.29, 1.82) is 0 Å². The van der Waals surface area contributed by atoms with Crippen LogP contribution in [0.2, 0.25) is 0 Å². The minimum absolute atomic E-state index is 0.0658. The normalized spacial score (nSPS) is 12.4. The van der Waals surface area contributed by atoms with Crippen LogP contribution in [0.1, 0.15) is 24.4 Å². The monoisotopic (exact) mass is 294 g/mol. The Morgan fingerprint density at radius 2 is 1.82 bits per heavy atom. The van der Waals surface area contributed by atoms with E-state index in [0.29, 0.717) is 5.39 Å². The van der Waals surface area contributed by atoms with Crippen LogP contribution in [-0.4, -0.2) is 16.5 Å². The molecular weight excluding hydrogens is 274 g/mol. The summed E-state index contributed by atoms with van der Waals surface area (Å²) in [5.74, 6) is 0.733. The van der Waals surface area contributed by atoms with Gasteiger partial charge in [0.2, 0.25) is 0 Å². The number of rotatable bonds is 5. The lowest BCUT2D eigenvalue weighted by Crippen LogP contribution is -2.85. The number of nitrogens with two attached hydrogens (primary N) is 1. The summed E-state index contributed by atoms with van der Waals surface area (Å²) in [6.07, 6.45) is 1.00. The number of benzene rings is 2. The molecular formula is C18H20N3O+. The van der Waals surface area contributed by atoms with Gasteiger partial charge in [0.25, 0.3) is 5.56 Å². The van der Waals surface area contributed by atoms with Crippen LogP contribution in [0.25, 0.3) is 10.9 Å². The van der Waals surface area contributed by atoms with E-state index >= 15 is 0 Å². The fourth-order valence-corrected chi connectivity index (χ4v) is 2.58. The van der Waals surface area contributed by atoms with E-state index in [2.05, 4.69) is 46.5 Å². The van der Waals surface area contributed by atoms with Gasteiger partial charge in [0.15, 0.2) is 5.82 Å². The highest BCUT2D eigenvalue weighted by Crippen LogP contribution is 2.08. The number of aromatic nitrogens is 2. The Morgan fingerprint density at radius 1 is 1.09 bits per heavy atom. The van der Waals surface area contributed by atoms with Crippen molar-refractivity contribution in [3.05, 3.63) is 76.3 Å². The number of hydrogen-bond donors (Lipinski definition) is 2. The highest BCUT2D eigenvalue weighted by atomic mass is 16.1. The zero-order chi connectivity index (χ0) is 15.4. The summed E-state index contributed by atoms with van der Waals surface area (Å²) >= 11 is 0. The summed E-state index contributed by atoms with van der Waals surface area (Å²) in [6, 6.07) is 18.0. The summed E-state index contributed by atoms with van der Waals surface area (Å²) in [6.45, 7) is 3.03. The quantitative estimate of drug-likeness (QED) is 0.753. The summed E-state index contributed by atoms with van der Waals surface area (Å²) in [7, 11) is 0. The Labute approximate surface area is 129 Å². The molecule has 3 aromatic rings. The lowest BCUT2D eigenvalue weighted by Gasteiger charge is -2.10. The molecule has 0 spiro atoms. The van der Waals surface area contributed by atoms with E-state index in [4.69, 9.17) is 0 Å². The van der Waals surface area contributed by atoms with Crippen molar-refractivity contribution in [2.24, 2.45) is 0 Å². The Balaban J connectivity index is 1.70. The third kappa shape index (κ3) is 3.23. The lowest BCUT2D eigenvalue weighted by molar-refractivity contribution is -0.693. The lowest BCUT2D eigenvalue weighted by atomic mass is 10.1. The maximum Gasteiger partial charge on any atom is 0.258 e. The van der Waals surface area contributed by atoms with E-state index in [0.717, 1.165) is 24.3 Å². The maximum atomic E-state index is 12.1. The zero-order valence-corrected chi connectivity index (χ0v) is 12.6. The first-order valence-corrected chi connectivity index (χ1v) is 7.60.